The van der Waals surface area contributed by atoms with Gasteiger partial charge in [0.25, 0.3) is 0 Å². The molecule has 0 aliphatic heterocycles. The van der Waals surface area contributed by atoms with Crippen molar-refractivity contribution in [2.75, 3.05) is 11.9 Å². The van der Waals surface area contributed by atoms with Crippen molar-refractivity contribution in [3.05, 3.63) is 35.4 Å². The number of carbonyl (C=O) groups is 2. The van der Waals surface area contributed by atoms with Crippen molar-refractivity contribution >= 4 is 28.3 Å². The summed E-state index contributed by atoms with van der Waals surface area (Å²) in [5, 5.41) is 4.43. The van der Waals surface area contributed by atoms with E-state index >= 15 is 0 Å². The van der Waals surface area contributed by atoms with Crippen LogP contribution >= 0.6 is 11.3 Å². The molecule has 1 rings (SSSR count). The molecule has 1 aromatic rings. The van der Waals surface area contributed by atoms with E-state index in [-0.39, 0.29) is 18.2 Å². The number of allylic oxidation sites excluding steroid dienone is 3. The molecule has 0 saturated heterocycles. The van der Waals surface area contributed by atoms with E-state index in [9.17, 15) is 9.59 Å². The number of aromatic nitrogens is 1. The smallest absolute Gasteiger partial charge is 0.358 e. The van der Waals surface area contributed by atoms with Gasteiger partial charge in [-0.1, -0.05) is 18.2 Å². The largest absolute Gasteiger partial charge is 0.457 e. The third kappa shape index (κ3) is 4.92. The first-order valence-corrected chi connectivity index (χ1v) is 6.19. The van der Waals surface area contributed by atoms with E-state index in [1.807, 2.05) is 19.1 Å². The zero-order valence-electron chi connectivity index (χ0n) is 10.2. The van der Waals surface area contributed by atoms with E-state index in [1.165, 1.54) is 18.3 Å². The molecule has 1 amide bonds. The minimum Gasteiger partial charge on any atom is -0.457 e. The number of carbonyl (C=O) groups excluding carboxylic acids is 2. The van der Waals surface area contributed by atoms with E-state index in [0.717, 1.165) is 0 Å². The normalized spacial score (nSPS) is 11.0. The maximum absolute atomic E-state index is 11.5. The van der Waals surface area contributed by atoms with Gasteiger partial charge in [0.05, 0.1) is 0 Å². The molecular formula is C12H14N2O3S. The van der Waals surface area contributed by atoms with Gasteiger partial charge in [-0.25, -0.2) is 9.78 Å². The van der Waals surface area contributed by atoms with Crippen LogP contribution in [0, 0.1) is 0 Å². The fraction of sp³-hybridized carbons (Fsp3) is 0.250. The van der Waals surface area contributed by atoms with Crippen LogP contribution in [0.15, 0.2) is 29.7 Å². The zero-order chi connectivity index (χ0) is 13.4. The predicted octanol–water partition coefficient (Wildman–Crippen LogP) is 2.39. The molecule has 0 saturated carbocycles. The van der Waals surface area contributed by atoms with Crippen molar-refractivity contribution in [3.63, 3.8) is 0 Å². The standard InChI is InChI=1S/C12H14N2O3S/c1-3-4-5-6-7-17-11(16)10-8-18-12(14-10)13-9(2)15/h3-6,8H,7H2,1-2H3,(H,13,14,15). The van der Waals surface area contributed by atoms with Gasteiger partial charge in [-0.15, -0.1) is 11.3 Å². The Bertz CT molecular complexity index is 477. The number of nitrogens with zero attached hydrogens (tertiary/aromatic N) is 1. The summed E-state index contributed by atoms with van der Waals surface area (Å²) in [6.07, 6.45) is 7.22. The first-order chi connectivity index (χ1) is 8.63. The minimum atomic E-state index is -0.506. The van der Waals surface area contributed by atoms with Crippen LogP contribution in [0.4, 0.5) is 5.13 Å². The summed E-state index contributed by atoms with van der Waals surface area (Å²) in [6.45, 7) is 3.47. The molecule has 0 fully saturated rings. The number of hydrogen-bond acceptors (Lipinski definition) is 5. The van der Waals surface area contributed by atoms with Gasteiger partial charge in [0.15, 0.2) is 10.8 Å². The van der Waals surface area contributed by atoms with Crippen LogP contribution in [0.2, 0.25) is 0 Å². The van der Waals surface area contributed by atoms with Gasteiger partial charge in [-0.2, -0.15) is 0 Å². The van der Waals surface area contributed by atoms with Crippen molar-refractivity contribution in [1.29, 1.82) is 0 Å². The zero-order valence-corrected chi connectivity index (χ0v) is 11.0. The van der Waals surface area contributed by atoms with E-state index in [0.29, 0.717) is 5.13 Å². The quantitative estimate of drug-likeness (QED) is 0.656. The molecular weight excluding hydrogens is 252 g/mol. The Hall–Kier alpha value is -1.95. The molecule has 96 valence electrons. The molecule has 0 bridgehead atoms. The molecule has 0 aliphatic carbocycles. The Morgan fingerprint density at radius 3 is 2.94 bits per heavy atom. The number of rotatable bonds is 5. The van der Waals surface area contributed by atoms with E-state index < -0.39 is 5.97 Å². The van der Waals surface area contributed by atoms with Crippen molar-refractivity contribution in [1.82, 2.24) is 4.98 Å². The van der Waals surface area contributed by atoms with Gasteiger partial charge in [0, 0.05) is 12.3 Å². The molecule has 5 nitrogen and oxygen atoms in total. The van der Waals surface area contributed by atoms with Crippen LogP contribution in [0.3, 0.4) is 0 Å². The molecule has 1 N–H and O–H groups in total. The van der Waals surface area contributed by atoms with Crippen molar-refractivity contribution in [2.45, 2.75) is 13.8 Å². The highest BCUT2D eigenvalue weighted by Crippen LogP contribution is 2.15. The monoisotopic (exact) mass is 266 g/mol. The van der Waals surface area contributed by atoms with Crippen LogP contribution in [-0.2, 0) is 9.53 Å². The average molecular weight is 266 g/mol. The first kappa shape index (κ1) is 14.1. The third-order valence-electron chi connectivity index (χ3n) is 1.75. The Labute approximate surface area is 109 Å². The van der Waals surface area contributed by atoms with E-state index in [4.69, 9.17) is 4.74 Å². The van der Waals surface area contributed by atoms with Crippen LogP contribution < -0.4 is 5.32 Å². The maximum atomic E-state index is 11.5. The number of ether oxygens (including phenoxy) is 1. The van der Waals surface area contributed by atoms with Crippen molar-refractivity contribution in [2.24, 2.45) is 0 Å². The Morgan fingerprint density at radius 1 is 1.50 bits per heavy atom. The predicted molar refractivity (Wildman–Crippen MR) is 70.7 cm³/mol. The van der Waals surface area contributed by atoms with Crippen LogP contribution in [-0.4, -0.2) is 23.5 Å². The Morgan fingerprint density at radius 2 is 2.28 bits per heavy atom. The van der Waals surface area contributed by atoms with Crippen LogP contribution in [0.5, 0.6) is 0 Å². The van der Waals surface area contributed by atoms with Gasteiger partial charge < -0.3 is 10.1 Å². The highest BCUT2D eigenvalue weighted by Gasteiger charge is 2.11. The topological polar surface area (TPSA) is 68.3 Å². The van der Waals surface area contributed by atoms with Crippen LogP contribution in [0.25, 0.3) is 0 Å². The van der Waals surface area contributed by atoms with Gasteiger partial charge in [-0.05, 0) is 13.0 Å². The Balaban J connectivity index is 2.46. The molecule has 0 atom stereocenters. The lowest BCUT2D eigenvalue weighted by molar-refractivity contribution is -0.114. The molecule has 6 heteroatoms. The number of amides is 1. The summed E-state index contributed by atoms with van der Waals surface area (Å²) in [5.41, 5.74) is 0.197. The lowest BCUT2D eigenvalue weighted by Crippen LogP contribution is -2.08. The molecule has 0 aromatic carbocycles. The summed E-state index contributed by atoms with van der Waals surface area (Å²) in [7, 11) is 0. The Kier molecular flexibility index (Phi) is 5.79. The summed E-state index contributed by atoms with van der Waals surface area (Å²) >= 11 is 1.18. The van der Waals surface area contributed by atoms with Gasteiger partial charge >= 0.3 is 5.97 Å². The van der Waals surface area contributed by atoms with E-state index in [1.54, 1.807) is 17.5 Å². The molecule has 0 radical (unpaired) electrons. The molecule has 0 spiro atoms. The van der Waals surface area contributed by atoms with E-state index in [2.05, 4.69) is 10.3 Å². The maximum Gasteiger partial charge on any atom is 0.358 e. The fourth-order valence-electron chi connectivity index (χ4n) is 1.02. The summed E-state index contributed by atoms with van der Waals surface area (Å²) in [6, 6.07) is 0. The number of esters is 1. The van der Waals surface area contributed by atoms with Gasteiger partial charge in [0.1, 0.15) is 6.61 Å². The lowest BCUT2D eigenvalue weighted by atomic mass is 10.4. The highest BCUT2D eigenvalue weighted by atomic mass is 32.1. The third-order valence-corrected chi connectivity index (χ3v) is 2.50. The number of anilines is 1. The lowest BCUT2D eigenvalue weighted by Gasteiger charge is -1.97. The van der Waals surface area contributed by atoms with Crippen LogP contribution in [0.1, 0.15) is 24.3 Å². The summed E-state index contributed by atoms with van der Waals surface area (Å²) in [5.74, 6) is -0.730. The summed E-state index contributed by atoms with van der Waals surface area (Å²) < 4.78 is 4.96. The molecule has 18 heavy (non-hydrogen) atoms. The van der Waals surface area contributed by atoms with Gasteiger partial charge in [-0.3, -0.25) is 4.79 Å². The second kappa shape index (κ2) is 7.39. The number of nitrogens with one attached hydrogen (secondary N) is 1. The molecule has 0 aliphatic rings. The second-order valence-electron chi connectivity index (χ2n) is 3.27. The first-order valence-electron chi connectivity index (χ1n) is 5.31. The summed E-state index contributed by atoms with van der Waals surface area (Å²) in [4.78, 5) is 26.3. The SMILES string of the molecule is CC=CC=CCOC(=O)c1csc(NC(C)=O)n1. The number of hydrogen-bond donors (Lipinski definition) is 1. The van der Waals surface area contributed by atoms with Crippen molar-refractivity contribution < 1.29 is 14.3 Å². The van der Waals surface area contributed by atoms with Crippen molar-refractivity contribution in [3.8, 4) is 0 Å². The highest BCUT2D eigenvalue weighted by molar-refractivity contribution is 7.14. The second-order valence-corrected chi connectivity index (χ2v) is 4.13. The van der Waals surface area contributed by atoms with Gasteiger partial charge in [0.2, 0.25) is 5.91 Å². The number of thiazole rings is 1. The minimum absolute atomic E-state index is 0.191. The average Bonchev–Trinajstić information content (AvgIpc) is 2.76. The molecule has 0 unspecified atom stereocenters. The molecule has 1 heterocycles. The fourth-order valence-corrected chi connectivity index (χ4v) is 1.74. The molecule has 1 aromatic heterocycles.